The molecule has 6 heteroatoms. The van der Waals surface area contributed by atoms with Crippen molar-refractivity contribution >= 4 is 11.3 Å². The molecule has 2 aromatic rings. The van der Waals surface area contributed by atoms with E-state index in [0.29, 0.717) is 6.54 Å². The first-order chi connectivity index (χ1) is 10.3. The number of aryl methyl sites for hydroxylation is 2. The summed E-state index contributed by atoms with van der Waals surface area (Å²) >= 11 is 1.90. The zero-order chi connectivity index (χ0) is 14.2. The lowest BCUT2D eigenvalue weighted by Gasteiger charge is -2.13. The summed E-state index contributed by atoms with van der Waals surface area (Å²) < 4.78 is 1.93. The number of thiazole rings is 1. The number of nitrogens with zero attached hydrogens (tertiary/aromatic N) is 4. The fourth-order valence-corrected chi connectivity index (χ4v) is 4.54. The van der Waals surface area contributed by atoms with Crippen LogP contribution in [0.25, 0.3) is 0 Å². The molecule has 1 N–H and O–H groups in total. The second-order valence-corrected chi connectivity index (χ2v) is 7.06. The minimum Gasteiger partial charge on any atom is -0.394 e. The van der Waals surface area contributed by atoms with E-state index in [9.17, 15) is 0 Å². The Bertz CT molecular complexity index is 625. The van der Waals surface area contributed by atoms with Gasteiger partial charge in [0.1, 0.15) is 5.01 Å². The van der Waals surface area contributed by atoms with Crippen molar-refractivity contribution in [1.82, 2.24) is 19.7 Å². The lowest BCUT2D eigenvalue weighted by Crippen LogP contribution is -2.18. The predicted molar refractivity (Wildman–Crippen MR) is 81.0 cm³/mol. The molecule has 0 amide bonds. The first-order valence-electron chi connectivity index (χ1n) is 7.67. The molecule has 0 saturated heterocycles. The van der Waals surface area contributed by atoms with Crippen LogP contribution in [0.15, 0.2) is 6.20 Å². The van der Waals surface area contributed by atoms with E-state index >= 15 is 0 Å². The zero-order valence-electron chi connectivity index (χ0n) is 12.1. The summed E-state index contributed by atoms with van der Waals surface area (Å²) in [6.45, 7) is 3.54. The first-order valence-corrected chi connectivity index (χ1v) is 8.49. The molecule has 0 bridgehead atoms. The van der Waals surface area contributed by atoms with Crippen LogP contribution >= 0.6 is 11.3 Å². The van der Waals surface area contributed by atoms with E-state index in [-0.39, 0.29) is 6.61 Å². The minimum atomic E-state index is 0.146. The van der Waals surface area contributed by atoms with Gasteiger partial charge < -0.3 is 5.11 Å². The van der Waals surface area contributed by atoms with Gasteiger partial charge >= 0.3 is 0 Å². The molecule has 0 saturated carbocycles. The minimum absolute atomic E-state index is 0.146. The molecular formula is C15H20N4OS. The smallest absolute Gasteiger partial charge is 0.107 e. The highest BCUT2D eigenvalue weighted by molar-refractivity contribution is 7.11. The summed E-state index contributed by atoms with van der Waals surface area (Å²) in [5, 5.41) is 14.7. The van der Waals surface area contributed by atoms with Crippen LogP contribution in [0.2, 0.25) is 0 Å². The Hall–Kier alpha value is -1.24. The maximum absolute atomic E-state index is 9.08. The number of hydrogen-bond donors (Lipinski definition) is 1. The SMILES string of the molecule is OCCn1ncc2c1CN(Cc1nc3c(s1)CCCC3)C2. The Morgan fingerprint density at radius 1 is 1.24 bits per heavy atom. The van der Waals surface area contributed by atoms with Gasteiger partial charge in [-0.3, -0.25) is 9.58 Å². The number of aromatic nitrogens is 3. The fraction of sp³-hybridized carbons (Fsp3) is 0.600. The van der Waals surface area contributed by atoms with Crippen molar-refractivity contribution in [2.45, 2.75) is 51.9 Å². The van der Waals surface area contributed by atoms with Crippen LogP contribution in [0.3, 0.4) is 0 Å². The summed E-state index contributed by atoms with van der Waals surface area (Å²) in [4.78, 5) is 8.77. The molecule has 0 aromatic carbocycles. The third-order valence-electron chi connectivity index (χ3n) is 4.36. The molecule has 5 nitrogen and oxygen atoms in total. The van der Waals surface area contributed by atoms with E-state index in [4.69, 9.17) is 10.1 Å². The molecule has 2 aromatic heterocycles. The van der Waals surface area contributed by atoms with Crippen LogP contribution in [-0.2, 0) is 39.0 Å². The first kappa shape index (κ1) is 13.4. The highest BCUT2D eigenvalue weighted by Gasteiger charge is 2.25. The van der Waals surface area contributed by atoms with Crippen LogP contribution in [0.1, 0.15) is 39.7 Å². The fourth-order valence-electron chi connectivity index (χ4n) is 3.34. The van der Waals surface area contributed by atoms with Crippen molar-refractivity contribution in [3.63, 3.8) is 0 Å². The average molecular weight is 304 g/mol. The third-order valence-corrected chi connectivity index (χ3v) is 5.51. The van der Waals surface area contributed by atoms with Gasteiger partial charge in [0, 0.05) is 23.5 Å². The maximum Gasteiger partial charge on any atom is 0.107 e. The average Bonchev–Trinajstić information content (AvgIpc) is 3.14. The van der Waals surface area contributed by atoms with Crippen molar-refractivity contribution in [3.8, 4) is 0 Å². The van der Waals surface area contributed by atoms with Gasteiger partial charge in [-0.1, -0.05) is 0 Å². The van der Waals surface area contributed by atoms with Crippen LogP contribution in [0, 0.1) is 0 Å². The van der Waals surface area contributed by atoms with Crippen molar-refractivity contribution in [1.29, 1.82) is 0 Å². The molecular weight excluding hydrogens is 284 g/mol. The molecule has 0 unspecified atom stereocenters. The quantitative estimate of drug-likeness (QED) is 0.934. The second-order valence-electron chi connectivity index (χ2n) is 5.89. The lowest BCUT2D eigenvalue weighted by atomic mass is 10.0. The summed E-state index contributed by atoms with van der Waals surface area (Å²) in [5.74, 6) is 0. The number of aliphatic hydroxyl groups excluding tert-OH is 1. The normalized spacial score (nSPS) is 18.0. The van der Waals surface area contributed by atoms with Crippen molar-refractivity contribution in [3.05, 3.63) is 33.0 Å². The van der Waals surface area contributed by atoms with Crippen LogP contribution < -0.4 is 0 Å². The molecule has 0 atom stereocenters. The van der Waals surface area contributed by atoms with Crippen LogP contribution in [-0.4, -0.2) is 31.4 Å². The van der Waals surface area contributed by atoms with Crippen molar-refractivity contribution in [2.75, 3.05) is 6.61 Å². The molecule has 4 rings (SSSR count). The molecule has 2 aliphatic rings. The van der Waals surface area contributed by atoms with Gasteiger partial charge in [-0.15, -0.1) is 11.3 Å². The van der Waals surface area contributed by atoms with Gasteiger partial charge in [-0.05, 0) is 25.7 Å². The van der Waals surface area contributed by atoms with Gasteiger partial charge in [0.15, 0.2) is 0 Å². The molecule has 0 fully saturated rings. The van der Waals surface area contributed by atoms with Crippen LogP contribution in [0.5, 0.6) is 0 Å². The standard InChI is InChI=1S/C15H20N4OS/c20-6-5-19-13-9-18(8-11(13)7-16-19)10-15-17-12-3-1-2-4-14(12)21-15/h7,20H,1-6,8-10H2. The Kier molecular flexibility index (Phi) is 3.52. The monoisotopic (exact) mass is 304 g/mol. The lowest BCUT2D eigenvalue weighted by molar-refractivity contribution is 0.250. The second kappa shape index (κ2) is 5.51. The topological polar surface area (TPSA) is 54.2 Å². The molecule has 1 aliphatic carbocycles. The van der Waals surface area contributed by atoms with Crippen molar-refractivity contribution in [2.24, 2.45) is 0 Å². The molecule has 3 heterocycles. The maximum atomic E-state index is 9.08. The molecule has 0 radical (unpaired) electrons. The summed E-state index contributed by atoms with van der Waals surface area (Å²) in [7, 11) is 0. The van der Waals surface area contributed by atoms with Gasteiger partial charge in [0.2, 0.25) is 0 Å². The molecule has 1 aliphatic heterocycles. The number of fused-ring (bicyclic) bond motifs is 2. The van der Waals surface area contributed by atoms with Crippen molar-refractivity contribution < 1.29 is 5.11 Å². The highest BCUT2D eigenvalue weighted by atomic mass is 32.1. The Labute approximate surface area is 128 Å². The largest absolute Gasteiger partial charge is 0.394 e. The van der Waals surface area contributed by atoms with E-state index in [0.717, 1.165) is 26.1 Å². The van der Waals surface area contributed by atoms with Gasteiger partial charge in [0.05, 0.1) is 37.3 Å². The Balaban J connectivity index is 1.46. The summed E-state index contributed by atoms with van der Waals surface area (Å²) in [5.41, 5.74) is 3.90. The predicted octanol–water partition coefficient (Wildman–Crippen LogP) is 1.73. The van der Waals surface area contributed by atoms with Crippen LogP contribution in [0.4, 0.5) is 0 Å². The van der Waals surface area contributed by atoms with E-state index in [1.165, 1.54) is 46.1 Å². The highest BCUT2D eigenvalue weighted by Crippen LogP contribution is 2.29. The molecule has 0 spiro atoms. The van der Waals surface area contributed by atoms with Gasteiger partial charge in [-0.2, -0.15) is 5.10 Å². The third kappa shape index (κ3) is 2.52. The van der Waals surface area contributed by atoms with E-state index < -0.39 is 0 Å². The van der Waals surface area contributed by atoms with E-state index in [1.807, 2.05) is 22.2 Å². The van der Waals surface area contributed by atoms with Gasteiger partial charge in [-0.25, -0.2) is 4.98 Å². The summed E-state index contributed by atoms with van der Waals surface area (Å²) in [6, 6.07) is 0. The Morgan fingerprint density at radius 3 is 3.00 bits per heavy atom. The van der Waals surface area contributed by atoms with E-state index in [2.05, 4.69) is 10.00 Å². The van der Waals surface area contributed by atoms with Gasteiger partial charge in [0.25, 0.3) is 0 Å². The number of aliphatic hydroxyl groups is 1. The Morgan fingerprint density at radius 2 is 2.14 bits per heavy atom. The zero-order valence-corrected chi connectivity index (χ0v) is 12.9. The summed E-state index contributed by atoms with van der Waals surface area (Å²) in [6.07, 6.45) is 6.94. The molecule has 112 valence electrons. The molecule has 21 heavy (non-hydrogen) atoms. The number of hydrogen-bond acceptors (Lipinski definition) is 5. The number of rotatable bonds is 4. The van der Waals surface area contributed by atoms with E-state index in [1.54, 1.807) is 0 Å².